The Bertz CT molecular complexity index is 149. The van der Waals surface area contributed by atoms with Crippen molar-refractivity contribution in [2.24, 2.45) is 0 Å². The maximum atomic E-state index is 10.4. The van der Waals surface area contributed by atoms with Crippen molar-refractivity contribution in [1.82, 2.24) is 4.90 Å². The zero-order valence-electron chi connectivity index (χ0n) is 5.73. The Balaban J connectivity index is 2.31. The molecule has 0 atom stereocenters. The first-order valence-corrected chi connectivity index (χ1v) is 5.15. The van der Waals surface area contributed by atoms with Crippen LogP contribution in [0.2, 0.25) is 0 Å². The summed E-state index contributed by atoms with van der Waals surface area (Å²) in [7, 11) is -3.79. The molecule has 4 nitrogen and oxygen atoms in total. The van der Waals surface area contributed by atoms with Crippen molar-refractivity contribution in [2.75, 3.05) is 19.4 Å². The normalized spacial score (nSPS) is 21.8. The van der Waals surface area contributed by atoms with Crippen molar-refractivity contribution in [3.05, 3.63) is 0 Å². The maximum Gasteiger partial charge on any atom is 0.339 e. The third-order valence-corrected chi connectivity index (χ3v) is 2.35. The van der Waals surface area contributed by atoms with E-state index in [4.69, 9.17) is 9.79 Å². The molecule has 0 saturated carbocycles. The lowest BCUT2D eigenvalue weighted by Crippen LogP contribution is -2.20. The summed E-state index contributed by atoms with van der Waals surface area (Å²) in [6, 6.07) is 0. The van der Waals surface area contributed by atoms with Crippen molar-refractivity contribution < 1.29 is 14.4 Å². The predicted octanol–water partition coefficient (Wildman–Crippen LogP) is 0.217. The molecule has 0 amide bonds. The molecule has 5 heteroatoms. The largest absolute Gasteiger partial charge is 0.339 e. The Morgan fingerprint density at radius 2 is 1.80 bits per heavy atom. The number of rotatable bonds is 2. The van der Waals surface area contributed by atoms with Gasteiger partial charge in [-0.3, -0.25) is 9.46 Å². The van der Waals surface area contributed by atoms with Crippen LogP contribution in [0, 0.1) is 0 Å². The Hall–Kier alpha value is 0.110. The third-order valence-electron chi connectivity index (χ3n) is 1.58. The molecule has 10 heavy (non-hydrogen) atoms. The van der Waals surface area contributed by atoms with E-state index in [9.17, 15) is 4.57 Å². The maximum absolute atomic E-state index is 10.4. The van der Waals surface area contributed by atoms with Gasteiger partial charge in [-0.15, -0.1) is 0 Å². The molecule has 0 aromatic carbocycles. The molecule has 0 aromatic heterocycles. The van der Waals surface area contributed by atoms with Gasteiger partial charge in [-0.05, 0) is 25.9 Å². The van der Waals surface area contributed by atoms with E-state index in [0.717, 1.165) is 25.9 Å². The van der Waals surface area contributed by atoms with Gasteiger partial charge in [-0.2, -0.15) is 0 Å². The fraction of sp³-hybridized carbons (Fsp3) is 1.00. The molecule has 1 heterocycles. The van der Waals surface area contributed by atoms with E-state index in [1.807, 2.05) is 0 Å². The van der Waals surface area contributed by atoms with Crippen molar-refractivity contribution in [3.63, 3.8) is 0 Å². The fourth-order valence-electron chi connectivity index (χ4n) is 1.18. The van der Waals surface area contributed by atoms with E-state index in [1.54, 1.807) is 4.90 Å². The van der Waals surface area contributed by atoms with Crippen LogP contribution in [0.5, 0.6) is 0 Å². The molecule has 0 radical (unpaired) electrons. The molecular formula is C5H12NO3P. The van der Waals surface area contributed by atoms with Gasteiger partial charge in [0.25, 0.3) is 0 Å². The summed E-state index contributed by atoms with van der Waals surface area (Å²) in [5, 5.41) is 0. The van der Waals surface area contributed by atoms with E-state index in [2.05, 4.69) is 0 Å². The fourth-order valence-corrected chi connectivity index (χ4v) is 1.99. The van der Waals surface area contributed by atoms with Gasteiger partial charge in [0.05, 0.1) is 0 Å². The Kier molecular flexibility index (Phi) is 2.47. The Morgan fingerprint density at radius 1 is 1.30 bits per heavy atom. The standard InChI is InChI=1S/C5H12NO3P/c7-10(8,9)5-6-3-1-2-4-6/h1-5H2,(H2,7,8,9). The third kappa shape index (κ3) is 2.80. The molecule has 0 unspecified atom stereocenters. The van der Waals surface area contributed by atoms with Crippen LogP contribution in [0.4, 0.5) is 0 Å². The summed E-state index contributed by atoms with van der Waals surface area (Å²) in [4.78, 5) is 18.9. The summed E-state index contributed by atoms with van der Waals surface area (Å²) in [5.74, 6) is 0. The van der Waals surface area contributed by atoms with Crippen LogP contribution in [0.3, 0.4) is 0 Å². The second kappa shape index (κ2) is 3.01. The van der Waals surface area contributed by atoms with Crippen LogP contribution >= 0.6 is 7.60 Å². The average Bonchev–Trinajstić information content (AvgIpc) is 2.12. The van der Waals surface area contributed by atoms with Crippen molar-refractivity contribution >= 4 is 7.60 Å². The first kappa shape index (κ1) is 8.21. The summed E-state index contributed by atoms with van der Waals surface area (Å²) in [6.45, 7) is 1.68. The molecule has 2 N–H and O–H groups in total. The highest BCUT2D eigenvalue weighted by atomic mass is 31.2. The first-order chi connectivity index (χ1) is 4.58. The van der Waals surface area contributed by atoms with Gasteiger partial charge in [-0.1, -0.05) is 0 Å². The minimum absolute atomic E-state index is 0.0625. The smallest absolute Gasteiger partial charge is 0.324 e. The molecule has 1 rings (SSSR count). The van der Waals surface area contributed by atoms with Crippen molar-refractivity contribution in [2.45, 2.75) is 12.8 Å². The van der Waals surface area contributed by atoms with Gasteiger partial charge >= 0.3 is 7.60 Å². The lowest BCUT2D eigenvalue weighted by Gasteiger charge is -2.14. The van der Waals surface area contributed by atoms with Crippen LogP contribution < -0.4 is 0 Å². The van der Waals surface area contributed by atoms with Gasteiger partial charge < -0.3 is 9.79 Å². The van der Waals surface area contributed by atoms with Gasteiger partial charge in [0, 0.05) is 0 Å². The van der Waals surface area contributed by atoms with E-state index in [-0.39, 0.29) is 6.29 Å². The Morgan fingerprint density at radius 3 is 2.20 bits per heavy atom. The lowest BCUT2D eigenvalue weighted by atomic mass is 10.4. The van der Waals surface area contributed by atoms with Gasteiger partial charge in [0.1, 0.15) is 6.29 Å². The highest BCUT2D eigenvalue weighted by Gasteiger charge is 2.21. The predicted molar refractivity (Wildman–Crippen MR) is 37.7 cm³/mol. The van der Waals surface area contributed by atoms with Gasteiger partial charge in [0.2, 0.25) is 0 Å². The van der Waals surface area contributed by atoms with E-state index in [1.165, 1.54) is 0 Å². The zero-order chi connectivity index (χ0) is 7.61. The molecule has 1 fully saturated rings. The molecular weight excluding hydrogens is 153 g/mol. The first-order valence-electron chi connectivity index (χ1n) is 3.35. The minimum Gasteiger partial charge on any atom is -0.324 e. The van der Waals surface area contributed by atoms with Crippen LogP contribution in [0.25, 0.3) is 0 Å². The van der Waals surface area contributed by atoms with Crippen LogP contribution in [0.15, 0.2) is 0 Å². The number of hydrogen-bond acceptors (Lipinski definition) is 2. The second-order valence-electron chi connectivity index (χ2n) is 2.63. The number of nitrogens with zero attached hydrogens (tertiary/aromatic N) is 1. The SMILES string of the molecule is O=P(O)(O)CN1CCCC1. The van der Waals surface area contributed by atoms with Gasteiger partial charge in [-0.25, -0.2) is 0 Å². The Labute approximate surface area is 60.0 Å². The molecule has 0 aliphatic carbocycles. The molecule has 0 spiro atoms. The molecule has 1 aliphatic heterocycles. The molecule has 1 aliphatic rings. The quantitative estimate of drug-likeness (QED) is 0.574. The number of likely N-dealkylation sites (tertiary alicyclic amines) is 1. The number of hydrogen-bond donors (Lipinski definition) is 2. The van der Waals surface area contributed by atoms with Gasteiger partial charge in [0.15, 0.2) is 0 Å². The average molecular weight is 165 g/mol. The summed E-state index contributed by atoms with van der Waals surface area (Å²) >= 11 is 0. The molecule has 60 valence electrons. The molecule has 0 bridgehead atoms. The summed E-state index contributed by atoms with van der Waals surface area (Å²) < 4.78 is 10.4. The summed E-state index contributed by atoms with van der Waals surface area (Å²) in [5.41, 5.74) is 0. The van der Waals surface area contributed by atoms with Crippen LogP contribution in [-0.2, 0) is 4.57 Å². The summed E-state index contributed by atoms with van der Waals surface area (Å²) in [6.07, 6.45) is 2.08. The highest BCUT2D eigenvalue weighted by molar-refractivity contribution is 7.51. The van der Waals surface area contributed by atoms with E-state index >= 15 is 0 Å². The monoisotopic (exact) mass is 165 g/mol. The van der Waals surface area contributed by atoms with Crippen LogP contribution in [-0.4, -0.2) is 34.1 Å². The molecule has 0 aromatic rings. The zero-order valence-corrected chi connectivity index (χ0v) is 6.63. The topological polar surface area (TPSA) is 60.8 Å². The highest BCUT2D eigenvalue weighted by Crippen LogP contribution is 2.35. The lowest BCUT2D eigenvalue weighted by molar-refractivity contribution is 0.314. The van der Waals surface area contributed by atoms with E-state index in [0.29, 0.717) is 0 Å². The van der Waals surface area contributed by atoms with Crippen LogP contribution in [0.1, 0.15) is 12.8 Å². The second-order valence-corrected chi connectivity index (χ2v) is 4.24. The van der Waals surface area contributed by atoms with Crippen molar-refractivity contribution in [3.8, 4) is 0 Å². The molecule has 1 saturated heterocycles. The minimum atomic E-state index is -3.79. The van der Waals surface area contributed by atoms with E-state index < -0.39 is 7.60 Å². The van der Waals surface area contributed by atoms with Crippen molar-refractivity contribution in [1.29, 1.82) is 0 Å².